The van der Waals surface area contributed by atoms with Crippen molar-refractivity contribution in [1.29, 1.82) is 0 Å². The Balaban J connectivity index is 1.70. The van der Waals surface area contributed by atoms with E-state index in [1.165, 1.54) is 31.2 Å². The number of sulfonamides is 1. The number of carbonyl (C=O) groups is 3. The zero-order valence-electron chi connectivity index (χ0n) is 16.7. The van der Waals surface area contributed by atoms with E-state index < -0.39 is 28.5 Å². The summed E-state index contributed by atoms with van der Waals surface area (Å²) >= 11 is 5.78. The molecule has 0 spiro atoms. The molecule has 166 valence electrons. The van der Waals surface area contributed by atoms with Crippen molar-refractivity contribution in [1.82, 2.24) is 10.0 Å². The van der Waals surface area contributed by atoms with Crippen LogP contribution in [0.25, 0.3) is 0 Å². The fourth-order valence-corrected chi connectivity index (χ4v) is 3.52. The topological polar surface area (TPSA) is 131 Å². The van der Waals surface area contributed by atoms with Gasteiger partial charge in [-0.1, -0.05) is 23.7 Å². The molecule has 0 saturated carbocycles. The number of benzene rings is 2. The Hall–Kier alpha value is -2.95. The molecule has 0 unspecified atom stereocenters. The zero-order chi connectivity index (χ0) is 22.9. The molecule has 31 heavy (non-hydrogen) atoms. The van der Waals surface area contributed by atoms with Crippen molar-refractivity contribution in [2.45, 2.75) is 24.8 Å². The largest absolute Gasteiger partial charge is 0.456 e. The summed E-state index contributed by atoms with van der Waals surface area (Å²) in [7, 11) is -3.83. The van der Waals surface area contributed by atoms with E-state index >= 15 is 0 Å². The molecule has 0 fully saturated rings. The van der Waals surface area contributed by atoms with Crippen LogP contribution >= 0.6 is 11.6 Å². The molecular weight excluding hydrogens is 446 g/mol. The van der Waals surface area contributed by atoms with Gasteiger partial charge in [-0.25, -0.2) is 13.1 Å². The molecule has 2 rings (SSSR count). The zero-order valence-corrected chi connectivity index (χ0v) is 18.3. The van der Waals surface area contributed by atoms with E-state index in [1.54, 1.807) is 24.3 Å². The molecule has 0 aromatic heterocycles. The van der Waals surface area contributed by atoms with E-state index in [1.807, 2.05) is 0 Å². The van der Waals surface area contributed by atoms with Crippen LogP contribution in [0.3, 0.4) is 0 Å². The third kappa shape index (κ3) is 8.75. The fraction of sp³-hybridized carbons (Fsp3) is 0.250. The molecule has 2 aromatic carbocycles. The van der Waals surface area contributed by atoms with Gasteiger partial charge < -0.3 is 15.4 Å². The Bertz CT molecular complexity index is 1020. The van der Waals surface area contributed by atoms with Crippen molar-refractivity contribution in [3.63, 3.8) is 0 Å². The van der Waals surface area contributed by atoms with Crippen LogP contribution in [0.5, 0.6) is 0 Å². The van der Waals surface area contributed by atoms with Gasteiger partial charge in [-0.2, -0.15) is 0 Å². The van der Waals surface area contributed by atoms with E-state index in [0.717, 1.165) is 5.56 Å². The minimum Gasteiger partial charge on any atom is -0.456 e. The molecule has 9 nitrogen and oxygen atoms in total. The van der Waals surface area contributed by atoms with Crippen LogP contribution in [-0.4, -0.2) is 39.4 Å². The average molecular weight is 468 g/mol. The maximum Gasteiger partial charge on any atom is 0.307 e. The van der Waals surface area contributed by atoms with Crippen molar-refractivity contribution in [2.24, 2.45) is 0 Å². The van der Waals surface area contributed by atoms with Crippen molar-refractivity contribution in [3.05, 3.63) is 59.1 Å². The standard InChI is InChI=1S/C20H22ClN3O6S/c1-14(25)24-17-6-8-18(9-7-17)31(28,29)23-11-10-20(27)30-13-19(26)22-12-15-2-4-16(21)5-3-15/h2-9,23H,10-13H2,1H3,(H,22,26)(H,24,25). The van der Waals surface area contributed by atoms with Crippen LogP contribution in [0.2, 0.25) is 5.02 Å². The van der Waals surface area contributed by atoms with E-state index in [2.05, 4.69) is 15.4 Å². The van der Waals surface area contributed by atoms with Crippen LogP contribution in [0.1, 0.15) is 18.9 Å². The molecule has 0 heterocycles. The first-order chi connectivity index (χ1) is 14.7. The fourth-order valence-electron chi connectivity index (χ4n) is 2.36. The van der Waals surface area contributed by atoms with E-state index in [9.17, 15) is 22.8 Å². The molecule has 0 bridgehead atoms. The highest BCUT2D eigenvalue weighted by Crippen LogP contribution is 2.14. The lowest BCUT2D eigenvalue weighted by Gasteiger charge is -2.09. The van der Waals surface area contributed by atoms with Gasteiger partial charge in [0.25, 0.3) is 5.91 Å². The highest BCUT2D eigenvalue weighted by Gasteiger charge is 2.15. The summed E-state index contributed by atoms with van der Waals surface area (Å²) in [6, 6.07) is 12.5. The molecular formula is C20H22ClN3O6S. The molecule has 0 radical (unpaired) electrons. The van der Waals surface area contributed by atoms with Crippen LogP contribution in [0.4, 0.5) is 5.69 Å². The predicted molar refractivity (Wildman–Crippen MR) is 115 cm³/mol. The first-order valence-electron chi connectivity index (χ1n) is 9.20. The number of hydrogen-bond acceptors (Lipinski definition) is 6. The van der Waals surface area contributed by atoms with E-state index in [4.69, 9.17) is 16.3 Å². The van der Waals surface area contributed by atoms with E-state index in [-0.39, 0.29) is 30.3 Å². The highest BCUT2D eigenvalue weighted by atomic mass is 35.5. The van der Waals surface area contributed by atoms with Gasteiger partial charge in [0.1, 0.15) is 0 Å². The molecule has 0 aliphatic rings. The Morgan fingerprint density at radius 1 is 1.00 bits per heavy atom. The summed E-state index contributed by atoms with van der Waals surface area (Å²) in [6.07, 6.45) is -0.242. The summed E-state index contributed by atoms with van der Waals surface area (Å²) in [5, 5.41) is 5.71. The smallest absolute Gasteiger partial charge is 0.307 e. The summed E-state index contributed by atoms with van der Waals surface area (Å²) in [4.78, 5) is 34.5. The first-order valence-corrected chi connectivity index (χ1v) is 11.1. The lowest BCUT2D eigenvalue weighted by Crippen LogP contribution is -2.30. The van der Waals surface area contributed by atoms with Gasteiger partial charge in [0.15, 0.2) is 6.61 Å². The number of hydrogen-bond donors (Lipinski definition) is 3. The molecule has 0 atom stereocenters. The van der Waals surface area contributed by atoms with Crippen molar-refractivity contribution in [2.75, 3.05) is 18.5 Å². The van der Waals surface area contributed by atoms with Crippen molar-refractivity contribution >= 4 is 45.1 Å². The third-order valence-corrected chi connectivity index (χ3v) is 5.60. The summed E-state index contributed by atoms with van der Waals surface area (Å²) in [5.41, 5.74) is 1.30. The average Bonchev–Trinajstić information content (AvgIpc) is 2.71. The lowest BCUT2D eigenvalue weighted by atomic mass is 10.2. The van der Waals surface area contributed by atoms with Crippen LogP contribution in [-0.2, 0) is 35.7 Å². The van der Waals surface area contributed by atoms with Crippen LogP contribution in [0, 0.1) is 0 Å². The third-order valence-electron chi connectivity index (χ3n) is 3.87. The quantitative estimate of drug-likeness (QED) is 0.457. The number of amides is 2. The van der Waals surface area contributed by atoms with Gasteiger partial charge in [0.05, 0.1) is 11.3 Å². The van der Waals surface area contributed by atoms with E-state index in [0.29, 0.717) is 10.7 Å². The second kappa shape index (κ2) is 11.4. The Labute approximate surface area is 185 Å². The minimum absolute atomic E-state index is 0.0171. The molecule has 11 heteroatoms. The molecule has 0 aliphatic heterocycles. The molecule has 3 N–H and O–H groups in total. The maximum atomic E-state index is 12.2. The van der Waals surface area contributed by atoms with Crippen LogP contribution < -0.4 is 15.4 Å². The number of carbonyl (C=O) groups excluding carboxylic acids is 3. The number of rotatable bonds is 10. The summed E-state index contributed by atoms with van der Waals surface area (Å²) in [5.74, 6) is -1.47. The second-order valence-electron chi connectivity index (χ2n) is 6.42. The highest BCUT2D eigenvalue weighted by molar-refractivity contribution is 7.89. The minimum atomic E-state index is -3.83. The normalized spacial score (nSPS) is 10.9. The molecule has 0 aliphatic carbocycles. The number of ether oxygens (including phenoxy) is 1. The SMILES string of the molecule is CC(=O)Nc1ccc(S(=O)(=O)NCCC(=O)OCC(=O)NCc2ccc(Cl)cc2)cc1. The number of anilines is 1. The Morgan fingerprint density at radius 2 is 1.65 bits per heavy atom. The predicted octanol–water partition coefficient (Wildman–Crippen LogP) is 1.83. The van der Waals surface area contributed by atoms with Crippen LogP contribution in [0.15, 0.2) is 53.4 Å². The van der Waals surface area contributed by atoms with Gasteiger partial charge in [-0.05, 0) is 42.0 Å². The summed E-state index contributed by atoms with van der Waals surface area (Å²) < 4.78 is 31.6. The summed E-state index contributed by atoms with van der Waals surface area (Å²) in [6.45, 7) is 0.938. The first kappa shape index (κ1) is 24.3. The second-order valence-corrected chi connectivity index (χ2v) is 8.62. The lowest BCUT2D eigenvalue weighted by molar-refractivity contribution is -0.148. The molecule has 2 amide bonds. The number of halogens is 1. The van der Waals surface area contributed by atoms with Crippen molar-refractivity contribution in [3.8, 4) is 0 Å². The maximum absolute atomic E-state index is 12.2. The molecule has 2 aromatic rings. The number of esters is 1. The monoisotopic (exact) mass is 467 g/mol. The van der Waals surface area contributed by atoms with Gasteiger partial charge in [-0.15, -0.1) is 0 Å². The van der Waals surface area contributed by atoms with Gasteiger partial charge >= 0.3 is 5.97 Å². The molecule has 0 saturated heterocycles. The Morgan fingerprint density at radius 3 is 2.26 bits per heavy atom. The Kier molecular flexibility index (Phi) is 8.98. The van der Waals surface area contributed by atoms with Gasteiger partial charge in [0.2, 0.25) is 15.9 Å². The van der Waals surface area contributed by atoms with Gasteiger partial charge in [-0.3, -0.25) is 14.4 Å². The van der Waals surface area contributed by atoms with Gasteiger partial charge in [0, 0.05) is 30.7 Å². The number of nitrogens with one attached hydrogen (secondary N) is 3. The van der Waals surface area contributed by atoms with Crippen molar-refractivity contribution < 1.29 is 27.5 Å².